The SMILES string of the molecule is Cc1ccc(Sc2n[nH]c(=O)n2C2CC2)c(C#N)c1. The van der Waals surface area contributed by atoms with Gasteiger partial charge in [0.25, 0.3) is 0 Å². The molecule has 1 aromatic carbocycles. The molecule has 1 aliphatic carbocycles. The van der Waals surface area contributed by atoms with Gasteiger partial charge in [-0.05, 0) is 49.2 Å². The first-order chi connectivity index (χ1) is 9.19. The molecule has 1 aromatic heterocycles. The maximum Gasteiger partial charge on any atom is 0.344 e. The summed E-state index contributed by atoms with van der Waals surface area (Å²) in [5, 5.41) is 16.3. The van der Waals surface area contributed by atoms with E-state index in [1.54, 1.807) is 4.57 Å². The molecule has 0 atom stereocenters. The Balaban J connectivity index is 1.98. The van der Waals surface area contributed by atoms with Crippen LogP contribution < -0.4 is 5.69 Å². The van der Waals surface area contributed by atoms with E-state index >= 15 is 0 Å². The Morgan fingerprint density at radius 2 is 2.32 bits per heavy atom. The van der Waals surface area contributed by atoms with Crippen molar-refractivity contribution in [2.24, 2.45) is 0 Å². The second-order valence-electron chi connectivity index (χ2n) is 4.63. The van der Waals surface area contributed by atoms with Gasteiger partial charge in [-0.2, -0.15) is 5.26 Å². The fourth-order valence-electron chi connectivity index (χ4n) is 1.94. The molecular weight excluding hydrogens is 260 g/mol. The number of aromatic nitrogens is 3. The van der Waals surface area contributed by atoms with Crippen molar-refractivity contribution in [3.8, 4) is 6.07 Å². The quantitative estimate of drug-likeness (QED) is 0.929. The maximum atomic E-state index is 11.7. The van der Waals surface area contributed by atoms with Crippen molar-refractivity contribution in [1.29, 1.82) is 5.26 Å². The number of benzene rings is 1. The third-order valence-corrected chi connectivity index (χ3v) is 4.09. The van der Waals surface area contributed by atoms with Gasteiger partial charge in [0.1, 0.15) is 6.07 Å². The molecule has 6 heteroatoms. The minimum absolute atomic E-state index is 0.171. The van der Waals surface area contributed by atoms with E-state index in [2.05, 4.69) is 16.3 Å². The number of H-pyrrole nitrogens is 1. The van der Waals surface area contributed by atoms with Crippen LogP contribution in [0.2, 0.25) is 0 Å². The van der Waals surface area contributed by atoms with Crippen LogP contribution in [0.25, 0.3) is 0 Å². The third kappa shape index (κ3) is 2.29. The van der Waals surface area contributed by atoms with Gasteiger partial charge in [-0.25, -0.2) is 9.89 Å². The topological polar surface area (TPSA) is 74.5 Å². The van der Waals surface area contributed by atoms with Crippen LogP contribution in [0.5, 0.6) is 0 Å². The molecule has 0 amide bonds. The summed E-state index contributed by atoms with van der Waals surface area (Å²) in [6, 6.07) is 8.14. The fourth-order valence-corrected chi connectivity index (χ4v) is 2.90. The van der Waals surface area contributed by atoms with E-state index < -0.39 is 0 Å². The van der Waals surface area contributed by atoms with Gasteiger partial charge in [0.2, 0.25) is 0 Å². The molecule has 0 aliphatic heterocycles. The van der Waals surface area contributed by atoms with Crippen LogP contribution in [0.3, 0.4) is 0 Å². The number of nitriles is 1. The molecule has 0 unspecified atom stereocenters. The molecule has 1 saturated carbocycles. The Hall–Kier alpha value is -2.00. The lowest BCUT2D eigenvalue weighted by Gasteiger charge is -2.05. The van der Waals surface area contributed by atoms with E-state index in [-0.39, 0.29) is 11.7 Å². The van der Waals surface area contributed by atoms with Crippen LogP contribution in [-0.2, 0) is 0 Å². The smallest absolute Gasteiger partial charge is 0.267 e. The lowest BCUT2D eigenvalue weighted by atomic mass is 10.2. The highest BCUT2D eigenvalue weighted by Crippen LogP contribution is 2.38. The molecule has 5 nitrogen and oxygen atoms in total. The van der Waals surface area contributed by atoms with Gasteiger partial charge in [0.05, 0.1) is 5.56 Å². The zero-order chi connectivity index (χ0) is 13.4. The van der Waals surface area contributed by atoms with E-state index in [1.165, 1.54) is 11.8 Å². The molecule has 0 saturated heterocycles. The summed E-state index contributed by atoms with van der Waals surface area (Å²) < 4.78 is 1.69. The molecule has 1 heterocycles. The molecule has 0 radical (unpaired) electrons. The first-order valence-corrected chi connectivity index (χ1v) is 6.86. The molecule has 0 spiro atoms. The summed E-state index contributed by atoms with van der Waals surface area (Å²) in [7, 11) is 0. The molecule has 1 fully saturated rings. The number of hydrogen-bond donors (Lipinski definition) is 1. The van der Waals surface area contributed by atoms with Crippen molar-refractivity contribution in [1.82, 2.24) is 14.8 Å². The van der Waals surface area contributed by atoms with Crippen molar-refractivity contribution in [2.75, 3.05) is 0 Å². The number of aromatic amines is 1. The Morgan fingerprint density at radius 3 is 3.00 bits per heavy atom. The van der Waals surface area contributed by atoms with Crippen LogP contribution in [0.1, 0.15) is 30.0 Å². The van der Waals surface area contributed by atoms with E-state index in [0.29, 0.717) is 10.7 Å². The van der Waals surface area contributed by atoms with Gasteiger partial charge in [-0.1, -0.05) is 6.07 Å². The van der Waals surface area contributed by atoms with Crippen molar-refractivity contribution in [2.45, 2.75) is 35.9 Å². The Morgan fingerprint density at radius 1 is 1.53 bits per heavy atom. The van der Waals surface area contributed by atoms with E-state index in [0.717, 1.165) is 23.3 Å². The third-order valence-electron chi connectivity index (χ3n) is 3.04. The lowest BCUT2D eigenvalue weighted by molar-refractivity contribution is 0.642. The normalized spacial score (nSPS) is 14.3. The molecule has 3 rings (SSSR count). The Labute approximate surface area is 114 Å². The minimum Gasteiger partial charge on any atom is -0.267 e. The highest BCUT2D eigenvalue weighted by Gasteiger charge is 2.28. The second-order valence-corrected chi connectivity index (χ2v) is 5.64. The van der Waals surface area contributed by atoms with E-state index in [4.69, 9.17) is 5.26 Å². The predicted octanol–water partition coefficient (Wildman–Crippen LogP) is 2.24. The summed E-state index contributed by atoms with van der Waals surface area (Å²) in [4.78, 5) is 12.5. The monoisotopic (exact) mass is 272 g/mol. The summed E-state index contributed by atoms with van der Waals surface area (Å²) in [6.07, 6.45) is 2.04. The van der Waals surface area contributed by atoms with Crippen molar-refractivity contribution in [3.05, 3.63) is 39.8 Å². The summed E-state index contributed by atoms with van der Waals surface area (Å²) in [5.41, 5.74) is 1.49. The highest BCUT2D eigenvalue weighted by atomic mass is 32.2. The van der Waals surface area contributed by atoms with Crippen molar-refractivity contribution in [3.63, 3.8) is 0 Å². The van der Waals surface area contributed by atoms with Gasteiger partial charge >= 0.3 is 5.69 Å². The zero-order valence-corrected chi connectivity index (χ0v) is 11.2. The highest BCUT2D eigenvalue weighted by molar-refractivity contribution is 7.99. The van der Waals surface area contributed by atoms with Crippen molar-refractivity contribution >= 4 is 11.8 Å². The Bertz CT molecular complexity index is 721. The first kappa shape index (κ1) is 12.1. The number of rotatable bonds is 3. The van der Waals surface area contributed by atoms with Crippen LogP contribution in [0.15, 0.2) is 33.0 Å². The average molecular weight is 272 g/mol. The number of nitrogens with one attached hydrogen (secondary N) is 1. The van der Waals surface area contributed by atoms with Gasteiger partial charge in [0.15, 0.2) is 5.16 Å². The minimum atomic E-state index is -0.171. The van der Waals surface area contributed by atoms with Gasteiger partial charge in [0, 0.05) is 10.9 Å². The molecule has 96 valence electrons. The summed E-state index contributed by atoms with van der Waals surface area (Å²) in [6.45, 7) is 1.95. The van der Waals surface area contributed by atoms with E-state index in [1.807, 2.05) is 25.1 Å². The molecule has 19 heavy (non-hydrogen) atoms. The molecule has 2 aromatic rings. The number of hydrogen-bond acceptors (Lipinski definition) is 4. The standard InChI is InChI=1S/C13H12N4OS/c1-8-2-5-11(9(6-8)7-14)19-13-16-15-12(18)17(13)10-3-4-10/h2,5-6,10H,3-4H2,1H3,(H,15,18). The predicted molar refractivity (Wildman–Crippen MR) is 71.1 cm³/mol. The van der Waals surface area contributed by atoms with Gasteiger partial charge in [-0.15, -0.1) is 5.10 Å². The zero-order valence-electron chi connectivity index (χ0n) is 10.4. The average Bonchev–Trinajstić information content (AvgIpc) is 3.17. The van der Waals surface area contributed by atoms with E-state index in [9.17, 15) is 4.79 Å². The largest absolute Gasteiger partial charge is 0.344 e. The summed E-state index contributed by atoms with van der Waals surface area (Å²) in [5.74, 6) is 0. The summed E-state index contributed by atoms with van der Waals surface area (Å²) >= 11 is 1.36. The molecule has 1 N–H and O–H groups in total. The van der Waals surface area contributed by atoms with Crippen LogP contribution in [0.4, 0.5) is 0 Å². The van der Waals surface area contributed by atoms with Crippen LogP contribution in [-0.4, -0.2) is 14.8 Å². The van der Waals surface area contributed by atoms with Gasteiger partial charge < -0.3 is 0 Å². The maximum absolute atomic E-state index is 11.7. The number of aryl methyl sites for hydroxylation is 1. The van der Waals surface area contributed by atoms with Crippen molar-refractivity contribution < 1.29 is 0 Å². The second kappa shape index (κ2) is 4.59. The molecular formula is C13H12N4OS. The fraction of sp³-hybridized carbons (Fsp3) is 0.308. The van der Waals surface area contributed by atoms with Gasteiger partial charge in [-0.3, -0.25) is 4.57 Å². The van der Waals surface area contributed by atoms with Crippen LogP contribution in [0, 0.1) is 18.3 Å². The van der Waals surface area contributed by atoms with Crippen LogP contribution >= 0.6 is 11.8 Å². The Kier molecular flexibility index (Phi) is 2.91. The molecule has 0 bridgehead atoms. The first-order valence-electron chi connectivity index (χ1n) is 6.04. The lowest BCUT2D eigenvalue weighted by Crippen LogP contribution is -2.16. The molecule has 1 aliphatic rings. The number of nitrogens with zero attached hydrogens (tertiary/aromatic N) is 3.